The molecular formula is C16H26O2. The highest BCUT2D eigenvalue weighted by Crippen LogP contribution is 2.10. The van der Waals surface area contributed by atoms with E-state index in [0.29, 0.717) is 0 Å². The van der Waals surface area contributed by atoms with Gasteiger partial charge in [-0.05, 0) is 18.6 Å². The monoisotopic (exact) mass is 250 g/mol. The van der Waals surface area contributed by atoms with Crippen LogP contribution in [-0.4, -0.2) is 13.4 Å². The van der Waals surface area contributed by atoms with Gasteiger partial charge in [-0.3, -0.25) is 0 Å². The fraction of sp³-hybridized carbons (Fsp3) is 0.562. The van der Waals surface area contributed by atoms with Crippen molar-refractivity contribution in [3.05, 3.63) is 30.3 Å². The van der Waals surface area contributed by atoms with Crippen LogP contribution in [0.2, 0.25) is 0 Å². The zero-order chi connectivity index (χ0) is 13.5. The van der Waals surface area contributed by atoms with Gasteiger partial charge in [0, 0.05) is 0 Å². The van der Waals surface area contributed by atoms with Gasteiger partial charge in [0.2, 0.25) is 0 Å². The highest BCUT2D eigenvalue weighted by Gasteiger charge is 1.93. The van der Waals surface area contributed by atoms with Gasteiger partial charge in [-0.1, -0.05) is 63.6 Å². The molecule has 0 saturated heterocycles. The van der Waals surface area contributed by atoms with Crippen molar-refractivity contribution in [3.8, 4) is 5.75 Å². The Hall–Kier alpha value is -1.31. The van der Waals surface area contributed by atoms with E-state index in [4.69, 9.17) is 9.53 Å². The van der Waals surface area contributed by atoms with Crippen LogP contribution >= 0.6 is 0 Å². The third-order valence-corrected chi connectivity index (χ3v) is 2.76. The van der Waals surface area contributed by atoms with E-state index in [1.807, 2.05) is 37.1 Å². The molecule has 0 spiro atoms. The Balaban J connectivity index is 0.00000137. The molecule has 0 bridgehead atoms. The second-order valence-electron chi connectivity index (χ2n) is 4.28. The lowest BCUT2D eigenvalue weighted by Crippen LogP contribution is -1.96. The normalized spacial score (nSPS) is 9.39. The van der Waals surface area contributed by atoms with Crippen LogP contribution in [0.25, 0.3) is 0 Å². The van der Waals surface area contributed by atoms with Crippen molar-refractivity contribution in [2.75, 3.05) is 6.61 Å². The number of carbonyl (C=O) groups excluding carboxylic acids is 1. The first kappa shape index (κ1) is 16.7. The molecule has 0 saturated carbocycles. The van der Waals surface area contributed by atoms with Crippen molar-refractivity contribution in [3.63, 3.8) is 0 Å². The predicted molar refractivity (Wildman–Crippen MR) is 77.1 cm³/mol. The molecule has 0 aliphatic carbocycles. The van der Waals surface area contributed by atoms with Crippen molar-refractivity contribution >= 4 is 6.79 Å². The van der Waals surface area contributed by atoms with Gasteiger partial charge in [0.1, 0.15) is 12.5 Å². The Bertz CT molecular complexity index is 259. The molecule has 0 aliphatic heterocycles. The van der Waals surface area contributed by atoms with Gasteiger partial charge in [-0.2, -0.15) is 0 Å². The Morgan fingerprint density at radius 1 is 0.889 bits per heavy atom. The minimum absolute atomic E-state index is 0.859. The Labute approximate surface area is 111 Å². The van der Waals surface area contributed by atoms with Gasteiger partial charge in [0.25, 0.3) is 0 Å². The first-order valence-electron chi connectivity index (χ1n) is 6.90. The van der Waals surface area contributed by atoms with Gasteiger partial charge >= 0.3 is 0 Å². The summed E-state index contributed by atoms with van der Waals surface area (Å²) in [5.74, 6) is 0.994. The number of ether oxygens (including phenoxy) is 1. The average molecular weight is 250 g/mol. The fourth-order valence-electron chi connectivity index (χ4n) is 1.77. The van der Waals surface area contributed by atoms with Gasteiger partial charge in [0.15, 0.2) is 0 Å². The third-order valence-electron chi connectivity index (χ3n) is 2.76. The Kier molecular flexibility index (Phi) is 12.8. The maximum Gasteiger partial charge on any atom is 0.119 e. The molecule has 0 radical (unpaired) electrons. The number of hydrogen-bond donors (Lipinski definition) is 0. The molecule has 0 aromatic heterocycles. The zero-order valence-corrected chi connectivity index (χ0v) is 11.6. The molecule has 1 aromatic carbocycles. The summed E-state index contributed by atoms with van der Waals surface area (Å²) in [6.07, 6.45) is 9.35. The number of benzene rings is 1. The maximum absolute atomic E-state index is 8.00. The molecule has 0 N–H and O–H groups in total. The summed E-state index contributed by atoms with van der Waals surface area (Å²) in [5.41, 5.74) is 0. The van der Waals surface area contributed by atoms with Crippen molar-refractivity contribution in [1.29, 1.82) is 0 Å². The van der Waals surface area contributed by atoms with Gasteiger partial charge in [-0.15, -0.1) is 0 Å². The van der Waals surface area contributed by atoms with Crippen molar-refractivity contribution < 1.29 is 9.53 Å². The molecule has 1 aromatic rings. The molecule has 2 heteroatoms. The van der Waals surface area contributed by atoms with Crippen molar-refractivity contribution in [2.45, 2.75) is 51.9 Å². The summed E-state index contributed by atoms with van der Waals surface area (Å²) in [7, 11) is 0. The molecule has 0 aliphatic rings. The van der Waals surface area contributed by atoms with Crippen LogP contribution < -0.4 is 4.74 Å². The first-order chi connectivity index (χ1) is 8.93. The Morgan fingerprint density at radius 3 is 2.06 bits per heavy atom. The first-order valence-corrected chi connectivity index (χ1v) is 6.90. The number of hydrogen-bond acceptors (Lipinski definition) is 2. The second kappa shape index (κ2) is 13.8. The smallest absolute Gasteiger partial charge is 0.119 e. The number of carbonyl (C=O) groups is 1. The summed E-state index contributed by atoms with van der Waals surface area (Å²) in [4.78, 5) is 8.00. The van der Waals surface area contributed by atoms with E-state index < -0.39 is 0 Å². The van der Waals surface area contributed by atoms with E-state index in [-0.39, 0.29) is 0 Å². The van der Waals surface area contributed by atoms with Crippen LogP contribution in [0.4, 0.5) is 0 Å². The molecule has 0 atom stereocenters. The minimum Gasteiger partial charge on any atom is -0.494 e. The summed E-state index contributed by atoms with van der Waals surface area (Å²) >= 11 is 0. The standard InChI is InChI=1S/C15H24O.CH2O/c1-2-3-4-5-6-7-11-14-16-15-12-9-8-10-13-15;1-2/h8-10,12-13H,2-7,11,14H2,1H3;1H2. The molecule has 18 heavy (non-hydrogen) atoms. The summed E-state index contributed by atoms with van der Waals surface area (Å²) in [5, 5.41) is 0. The van der Waals surface area contributed by atoms with E-state index in [2.05, 4.69) is 6.92 Å². The number of rotatable bonds is 9. The third kappa shape index (κ3) is 9.88. The van der Waals surface area contributed by atoms with E-state index in [9.17, 15) is 0 Å². The summed E-state index contributed by atoms with van der Waals surface area (Å²) in [6, 6.07) is 10.1. The lowest BCUT2D eigenvalue weighted by Gasteiger charge is -2.05. The summed E-state index contributed by atoms with van der Waals surface area (Å²) in [6.45, 7) is 5.12. The number of para-hydroxylation sites is 1. The molecule has 102 valence electrons. The average Bonchev–Trinajstić information content (AvgIpc) is 2.45. The van der Waals surface area contributed by atoms with E-state index in [0.717, 1.165) is 12.4 Å². The van der Waals surface area contributed by atoms with Crippen LogP contribution in [0.3, 0.4) is 0 Å². The van der Waals surface area contributed by atoms with Crippen molar-refractivity contribution in [2.24, 2.45) is 0 Å². The molecule has 0 unspecified atom stereocenters. The van der Waals surface area contributed by atoms with Crippen molar-refractivity contribution in [1.82, 2.24) is 0 Å². The SMILES string of the molecule is C=O.CCCCCCCCCOc1ccccc1. The minimum atomic E-state index is 0.859. The topological polar surface area (TPSA) is 26.3 Å². The van der Waals surface area contributed by atoms with E-state index >= 15 is 0 Å². The van der Waals surface area contributed by atoms with Gasteiger partial charge < -0.3 is 9.53 Å². The second-order valence-corrected chi connectivity index (χ2v) is 4.28. The maximum atomic E-state index is 8.00. The van der Waals surface area contributed by atoms with E-state index in [1.54, 1.807) is 0 Å². The van der Waals surface area contributed by atoms with Crippen LogP contribution in [0, 0.1) is 0 Å². The molecule has 0 fully saturated rings. The lowest BCUT2D eigenvalue weighted by atomic mass is 10.1. The molecule has 1 rings (SSSR count). The largest absolute Gasteiger partial charge is 0.494 e. The summed E-state index contributed by atoms with van der Waals surface area (Å²) < 4.78 is 5.63. The van der Waals surface area contributed by atoms with Gasteiger partial charge in [-0.25, -0.2) is 0 Å². The van der Waals surface area contributed by atoms with Gasteiger partial charge in [0.05, 0.1) is 6.61 Å². The van der Waals surface area contributed by atoms with Crippen LogP contribution in [0.1, 0.15) is 51.9 Å². The zero-order valence-electron chi connectivity index (χ0n) is 11.6. The quantitative estimate of drug-likeness (QED) is 0.597. The Morgan fingerprint density at radius 2 is 1.44 bits per heavy atom. The van der Waals surface area contributed by atoms with Crippen LogP contribution in [0.15, 0.2) is 30.3 Å². The fourth-order valence-corrected chi connectivity index (χ4v) is 1.77. The number of unbranched alkanes of at least 4 members (excludes halogenated alkanes) is 6. The highest BCUT2D eigenvalue weighted by molar-refractivity contribution is 5.20. The van der Waals surface area contributed by atoms with Crippen LogP contribution in [-0.2, 0) is 4.79 Å². The van der Waals surface area contributed by atoms with Crippen LogP contribution in [0.5, 0.6) is 5.75 Å². The molecule has 2 nitrogen and oxygen atoms in total. The molecular weight excluding hydrogens is 224 g/mol. The highest BCUT2D eigenvalue weighted by atomic mass is 16.5. The molecule has 0 amide bonds. The molecule has 0 heterocycles. The predicted octanol–water partition coefficient (Wildman–Crippen LogP) is 4.63. The van der Waals surface area contributed by atoms with E-state index in [1.165, 1.54) is 44.9 Å². The lowest BCUT2D eigenvalue weighted by molar-refractivity contribution is -0.0979.